The molecule has 6 nitrogen and oxygen atoms in total. The van der Waals surface area contributed by atoms with E-state index in [1.165, 1.54) is 12.1 Å². The highest BCUT2D eigenvalue weighted by molar-refractivity contribution is 5.81. The third-order valence-electron chi connectivity index (χ3n) is 8.38. The molecule has 0 unspecified atom stereocenters. The van der Waals surface area contributed by atoms with E-state index in [0.29, 0.717) is 29.7 Å². The second-order valence-electron chi connectivity index (χ2n) is 11.1. The number of halogens is 3. The predicted molar refractivity (Wildman–Crippen MR) is 146 cm³/mol. The van der Waals surface area contributed by atoms with E-state index in [9.17, 15) is 23.1 Å². The van der Waals surface area contributed by atoms with Crippen LogP contribution < -0.4 is 4.74 Å². The standard InChI is InChI=1S/C32H30F3N3O3/c33-32(34,35)25-13-15-26(16-14-25)41-31(19-17-30(18-20-31,29(39)40)24-9-5-2-6-10-24)28-36-27(23-7-3-1-4-8-23)38(37-28)21-22-11-12-22/h1-10,13-16,22H,11-12,17-21H2,(H,39,40)/t30-,31+. The highest BCUT2D eigenvalue weighted by Gasteiger charge is 2.52. The number of alkyl halides is 3. The van der Waals surface area contributed by atoms with Crippen LogP contribution in [0.15, 0.2) is 84.9 Å². The number of ether oxygens (including phenoxy) is 1. The number of aromatic nitrogens is 3. The zero-order valence-corrected chi connectivity index (χ0v) is 22.3. The van der Waals surface area contributed by atoms with E-state index in [0.717, 1.165) is 30.5 Å². The van der Waals surface area contributed by atoms with Crippen LogP contribution in [-0.2, 0) is 28.5 Å². The number of carboxylic acids is 1. The highest BCUT2D eigenvalue weighted by atomic mass is 19.4. The molecule has 9 heteroatoms. The molecule has 0 radical (unpaired) electrons. The number of rotatable bonds is 8. The molecule has 0 atom stereocenters. The number of nitrogens with zero attached hydrogens (tertiary/aromatic N) is 3. The maximum atomic E-state index is 13.2. The summed E-state index contributed by atoms with van der Waals surface area (Å²) in [6, 6.07) is 23.5. The van der Waals surface area contributed by atoms with Gasteiger partial charge in [0.05, 0.1) is 11.0 Å². The van der Waals surface area contributed by atoms with E-state index < -0.39 is 28.7 Å². The lowest BCUT2D eigenvalue weighted by molar-refractivity contribution is -0.147. The van der Waals surface area contributed by atoms with Crippen molar-refractivity contribution in [2.75, 3.05) is 0 Å². The van der Waals surface area contributed by atoms with Crippen molar-refractivity contribution in [2.45, 2.75) is 62.3 Å². The van der Waals surface area contributed by atoms with Crippen LogP contribution in [0.1, 0.15) is 55.5 Å². The fraction of sp³-hybridized carbons (Fsp3) is 0.344. The molecule has 2 aliphatic rings. The zero-order chi connectivity index (χ0) is 28.7. The fourth-order valence-electron chi connectivity index (χ4n) is 5.78. The maximum absolute atomic E-state index is 13.2. The summed E-state index contributed by atoms with van der Waals surface area (Å²) >= 11 is 0. The van der Waals surface area contributed by atoms with E-state index in [1.54, 1.807) is 0 Å². The Balaban J connectivity index is 1.41. The number of benzene rings is 3. The third-order valence-corrected chi connectivity index (χ3v) is 8.38. The molecule has 0 amide bonds. The van der Waals surface area contributed by atoms with Gasteiger partial charge in [-0.3, -0.25) is 4.79 Å². The highest BCUT2D eigenvalue weighted by Crippen LogP contribution is 2.49. The average Bonchev–Trinajstić information content (AvgIpc) is 3.69. The first-order valence-electron chi connectivity index (χ1n) is 13.8. The first kappa shape index (κ1) is 27.1. The average molecular weight is 562 g/mol. The molecule has 0 aliphatic heterocycles. The smallest absolute Gasteiger partial charge is 0.416 e. The third kappa shape index (κ3) is 5.33. The van der Waals surface area contributed by atoms with E-state index in [2.05, 4.69) is 0 Å². The molecule has 6 rings (SSSR count). The first-order valence-corrected chi connectivity index (χ1v) is 13.8. The Kier molecular flexibility index (Phi) is 6.83. The largest absolute Gasteiger partial charge is 0.481 e. The van der Waals surface area contributed by atoms with Crippen molar-refractivity contribution in [3.8, 4) is 17.1 Å². The summed E-state index contributed by atoms with van der Waals surface area (Å²) < 4.78 is 48.1. The normalized spacial score (nSPS) is 22.8. The Morgan fingerprint density at radius 2 is 1.51 bits per heavy atom. The van der Waals surface area contributed by atoms with Crippen LogP contribution >= 0.6 is 0 Å². The Bertz CT molecular complexity index is 1510. The number of aliphatic carboxylic acids is 1. The molecule has 1 N–H and O–H groups in total. The van der Waals surface area contributed by atoms with Crippen molar-refractivity contribution in [1.29, 1.82) is 0 Å². The summed E-state index contributed by atoms with van der Waals surface area (Å²) in [5, 5.41) is 15.3. The summed E-state index contributed by atoms with van der Waals surface area (Å²) in [4.78, 5) is 17.7. The second-order valence-corrected chi connectivity index (χ2v) is 11.1. The lowest BCUT2D eigenvalue weighted by Crippen LogP contribution is -2.47. The molecule has 4 aromatic rings. The van der Waals surface area contributed by atoms with Gasteiger partial charge < -0.3 is 9.84 Å². The minimum absolute atomic E-state index is 0.250. The van der Waals surface area contributed by atoms with Crippen LogP contribution in [0, 0.1) is 5.92 Å². The first-order chi connectivity index (χ1) is 19.7. The van der Waals surface area contributed by atoms with E-state index >= 15 is 0 Å². The minimum atomic E-state index is -4.47. The van der Waals surface area contributed by atoms with Gasteiger partial charge in [-0.05, 0) is 74.3 Å². The van der Waals surface area contributed by atoms with Gasteiger partial charge in [-0.25, -0.2) is 9.67 Å². The molecule has 2 aliphatic carbocycles. The van der Waals surface area contributed by atoms with Crippen molar-refractivity contribution < 1.29 is 27.8 Å². The van der Waals surface area contributed by atoms with Crippen LogP contribution in [0.5, 0.6) is 5.75 Å². The van der Waals surface area contributed by atoms with Crippen LogP contribution in [-0.4, -0.2) is 25.8 Å². The van der Waals surface area contributed by atoms with Gasteiger partial charge in [-0.1, -0.05) is 60.7 Å². The van der Waals surface area contributed by atoms with Gasteiger partial charge in [0.1, 0.15) is 5.75 Å². The summed E-state index contributed by atoms with van der Waals surface area (Å²) in [6.07, 6.45) is -1.17. The van der Waals surface area contributed by atoms with Gasteiger partial charge in [-0.2, -0.15) is 18.3 Å². The van der Waals surface area contributed by atoms with Crippen LogP contribution in [0.3, 0.4) is 0 Å². The molecule has 0 spiro atoms. The van der Waals surface area contributed by atoms with Crippen molar-refractivity contribution in [3.63, 3.8) is 0 Å². The number of hydrogen-bond acceptors (Lipinski definition) is 4. The predicted octanol–water partition coefficient (Wildman–Crippen LogP) is 7.24. The van der Waals surface area contributed by atoms with Gasteiger partial charge in [0, 0.05) is 12.1 Å². The van der Waals surface area contributed by atoms with E-state index in [1.807, 2.05) is 65.3 Å². The van der Waals surface area contributed by atoms with Gasteiger partial charge in [0.15, 0.2) is 17.2 Å². The lowest BCUT2D eigenvalue weighted by Gasteiger charge is -2.43. The Labute approximate surface area is 235 Å². The Hall–Kier alpha value is -4.14. The van der Waals surface area contributed by atoms with Crippen molar-refractivity contribution in [2.24, 2.45) is 5.92 Å². The quantitative estimate of drug-likeness (QED) is 0.245. The molecule has 0 saturated heterocycles. The van der Waals surface area contributed by atoms with Gasteiger partial charge >= 0.3 is 12.1 Å². The van der Waals surface area contributed by atoms with Gasteiger partial charge in [0.25, 0.3) is 0 Å². The number of carboxylic acid groups (broad SMARTS) is 1. The molecule has 1 aromatic heterocycles. The maximum Gasteiger partial charge on any atom is 0.416 e. The molecule has 3 aromatic carbocycles. The SMILES string of the molecule is O=C(O)[C@]1(c2ccccc2)CC[C@@](Oc2ccc(C(F)(F)F)cc2)(c2nc(-c3ccccc3)n(CC3CC3)n2)CC1. The minimum Gasteiger partial charge on any atom is -0.481 e. The fourth-order valence-corrected chi connectivity index (χ4v) is 5.78. The van der Waals surface area contributed by atoms with Crippen LogP contribution in [0.2, 0.25) is 0 Å². The van der Waals surface area contributed by atoms with Gasteiger partial charge in [-0.15, -0.1) is 0 Å². The van der Waals surface area contributed by atoms with Crippen LogP contribution in [0.25, 0.3) is 11.4 Å². The zero-order valence-electron chi connectivity index (χ0n) is 22.3. The second kappa shape index (κ2) is 10.4. The van der Waals surface area contributed by atoms with E-state index in [4.69, 9.17) is 14.8 Å². The van der Waals surface area contributed by atoms with Crippen molar-refractivity contribution in [3.05, 3.63) is 102 Å². The lowest BCUT2D eigenvalue weighted by atomic mass is 9.65. The molecule has 2 fully saturated rings. The molecule has 1 heterocycles. The summed E-state index contributed by atoms with van der Waals surface area (Å²) in [7, 11) is 0. The molecule has 2 saturated carbocycles. The number of hydrogen-bond donors (Lipinski definition) is 1. The Morgan fingerprint density at radius 1 is 0.902 bits per heavy atom. The molecule has 212 valence electrons. The molecular formula is C32H30F3N3O3. The van der Waals surface area contributed by atoms with Crippen LogP contribution in [0.4, 0.5) is 13.2 Å². The summed E-state index contributed by atoms with van der Waals surface area (Å²) in [5.41, 5.74) is -1.39. The molecule has 41 heavy (non-hydrogen) atoms. The van der Waals surface area contributed by atoms with Gasteiger partial charge in [0.2, 0.25) is 0 Å². The summed E-state index contributed by atoms with van der Waals surface area (Å²) in [5.74, 6) is 0.970. The molecule has 0 bridgehead atoms. The summed E-state index contributed by atoms with van der Waals surface area (Å²) in [6.45, 7) is 0.705. The Morgan fingerprint density at radius 3 is 2.07 bits per heavy atom. The topological polar surface area (TPSA) is 77.2 Å². The van der Waals surface area contributed by atoms with Crippen molar-refractivity contribution in [1.82, 2.24) is 14.8 Å². The number of carbonyl (C=O) groups is 1. The van der Waals surface area contributed by atoms with Crippen molar-refractivity contribution >= 4 is 5.97 Å². The van der Waals surface area contributed by atoms with E-state index in [-0.39, 0.29) is 31.4 Å². The molecular weight excluding hydrogens is 531 g/mol. The monoisotopic (exact) mass is 561 g/mol.